The van der Waals surface area contributed by atoms with E-state index in [1.165, 1.54) is 47.4 Å². The topological polar surface area (TPSA) is 103 Å². The number of amides is 2. The highest BCUT2D eigenvalue weighted by Crippen LogP contribution is 2.15. The maximum atomic E-state index is 13.0. The summed E-state index contributed by atoms with van der Waals surface area (Å²) in [6.45, 7) is 4.24. The Morgan fingerprint density at radius 3 is 2.38 bits per heavy atom. The molecule has 9 heteroatoms. The van der Waals surface area contributed by atoms with Crippen LogP contribution in [0.5, 0.6) is 0 Å². The molecule has 29 heavy (non-hydrogen) atoms. The Hall–Kier alpha value is -3.49. The highest BCUT2D eigenvalue weighted by atomic mass is 19.1. The van der Waals surface area contributed by atoms with Crippen LogP contribution in [0.4, 0.5) is 10.1 Å². The molecule has 0 spiro atoms. The number of ether oxygens (including phenoxy) is 1. The Balaban J connectivity index is 2.00. The Labute approximate surface area is 167 Å². The van der Waals surface area contributed by atoms with Crippen molar-refractivity contribution in [1.82, 2.24) is 4.90 Å². The fourth-order valence-electron chi connectivity index (χ4n) is 2.44. The minimum absolute atomic E-state index is 0.253. The lowest BCUT2D eigenvalue weighted by molar-refractivity contribution is -0.608. The predicted octanol–water partition coefficient (Wildman–Crippen LogP) is 1.88. The van der Waals surface area contributed by atoms with Crippen molar-refractivity contribution < 1.29 is 28.2 Å². The summed E-state index contributed by atoms with van der Waals surface area (Å²) in [4.78, 5) is 38.1. The number of hydrogen-bond acceptors (Lipinski definition) is 5. The van der Waals surface area contributed by atoms with Gasteiger partial charge in [-0.3, -0.25) is 9.59 Å². The van der Waals surface area contributed by atoms with Crippen LogP contribution in [0, 0.1) is 11.0 Å². The summed E-state index contributed by atoms with van der Waals surface area (Å²) in [6.07, 6.45) is 1.14. The Morgan fingerprint density at radius 2 is 1.79 bits per heavy atom. The molecule has 0 atom stereocenters. The molecule has 0 aliphatic rings. The first-order valence-corrected chi connectivity index (χ1v) is 8.79. The van der Waals surface area contributed by atoms with Gasteiger partial charge < -0.3 is 20.2 Å². The van der Waals surface area contributed by atoms with E-state index in [4.69, 9.17) is 4.74 Å². The summed E-state index contributed by atoms with van der Waals surface area (Å²) in [6, 6.07) is 9.43. The van der Waals surface area contributed by atoms with Gasteiger partial charge in [-0.05, 0) is 51.1 Å². The summed E-state index contributed by atoms with van der Waals surface area (Å²) in [5.41, 5.74) is -0.612. The Morgan fingerprint density at radius 1 is 1.14 bits per heavy atom. The number of halogens is 1. The van der Waals surface area contributed by atoms with Gasteiger partial charge >= 0.3 is 11.7 Å². The van der Waals surface area contributed by atoms with Gasteiger partial charge in [0.2, 0.25) is 5.91 Å². The molecule has 0 aliphatic heterocycles. The van der Waals surface area contributed by atoms with E-state index in [2.05, 4.69) is 5.32 Å². The van der Waals surface area contributed by atoms with Crippen LogP contribution in [0.1, 0.15) is 31.3 Å². The van der Waals surface area contributed by atoms with Crippen LogP contribution >= 0.6 is 0 Å². The van der Waals surface area contributed by atoms with Gasteiger partial charge in [-0.1, -0.05) is 0 Å². The molecule has 0 saturated heterocycles. The van der Waals surface area contributed by atoms with Gasteiger partial charge in [0.1, 0.15) is 12.4 Å². The summed E-state index contributed by atoms with van der Waals surface area (Å²) in [7, 11) is 0. The van der Waals surface area contributed by atoms with Crippen LogP contribution in [0.2, 0.25) is 0 Å². The number of carbonyl (C=O) groups is 3. The zero-order chi connectivity index (χ0) is 21.6. The second-order valence-electron chi connectivity index (χ2n) is 7.19. The number of rotatable bonds is 6. The highest BCUT2D eigenvalue weighted by molar-refractivity contribution is 5.95. The lowest BCUT2D eigenvalue weighted by Crippen LogP contribution is -2.51. The van der Waals surface area contributed by atoms with E-state index >= 15 is 0 Å². The number of esters is 1. The zero-order valence-corrected chi connectivity index (χ0v) is 16.3. The molecular weight excluding hydrogens is 381 g/mol. The summed E-state index contributed by atoms with van der Waals surface area (Å²) in [5.74, 6) is -2.48. The lowest BCUT2D eigenvalue weighted by atomic mass is 10.1. The van der Waals surface area contributed by atoms with Gasteiger partial charge in [0.05, 0.1) is 0 Å². The maximum absolute atomic E-state index is 13.0. The average molecular weight is 403 g/mol. The van der Waals surface area contributed by atoms with E-state index in [1.54, 1.807) is 20.8 Å². The summed E-state index contributed by atoms with van der Waals surface area (Å²) >= 11 is 0. The van der Waals surface area contributed by atoms with Crippen molar-refractivity contribution in [2.24, 2.45) is 0 Å². The Kier molecular flexibility index (Phi) is 6.87. The van der Waals surface area contributed by atoms with Crippen LogP contribution in [-0.2, 0) is 14.3 Å². The second kappa shape index (κ2) is 9.13. The van der Waals surface area contributed by atoms with E-state index in [0.29, 0.717) is 10.4 Å². The standard InChI is InChI=1S/C20H22FN3O5/c1-20(2,3)23(12-17(25)22-15-9-7-14(21)8-10-15)18(26)13-29-19(27)16-6-4-5-11-24(16)28/h4-11H,12-13H2,1-3H3,(H,22,25). The third-order valence-corrected chi connectivity index (χ3v) is 3.90. The molecule has 0 bridgehead atoms. The minimum atomic E-state index is -0.946. The van der Waals surface area contributed by atoms with Crippen molar-refractivity contribution in [3.63, 3.8) is 0 Å². The molecule has 2 rings (SSSR count). The van der Waals surface area contributed by atoms with Crippen molar-refractivity contribution in [1.29, 1.82) is 0 Å². The molecular formula is C20H22FN3O5. The molecule has 0 aliphatic carbocycles. The normalized spacial score (nSPS) is 10.9. The molecule has 0 fully saturated rings. The molecule has 0 unspecified atom stereocenters. The molecule has 1 aromatic carbocycles. The third-order valence-electron chi connectivity index (χ3n) is 3.90. The van der Waals surface area contributed by atoms with E-state index in [9.17, 15) is 24.0 Å². The molecule has 1 aromatic heterocycles. The van der Waals surface area contributed by atoms with Gasteiger partial charge in [0.25, 0.3) is 5.91 Å². The van der Waals surface area contributed by atoms with Crippen molar-refractivity contribution in [3.05, 3.63) is 65.4 Å². The average Bonchev–Trinajstić information content (AvgIpc) is 2.65. The van der Waals surface area contributed by atoms with E-state index < -0.39 is 35.7 Å². The molecule has 154 valence electrons. The molecule has 0 radical (unpaired) electrons. The molecule has 2 amide bonds. The number of benzene rings is 1. The number of carbonyl (C=O) groups excluding carboxylic acids is 3. The first kappa shape index (κ1) is 21.8. The number of anilines is 1. The first-order chi connectivity index (χ1) is 13.6. The SMILES string of the molecule is CC(C)(C)N(CC(=O)Nc1ccc(F)cc1)C(=O)COC(=O)c1cccc[n+]1[O-]. The van der Waals surface area contributed by atoms with Crippen LogP contribution in [-0.4, -0.2) is 41.4 Å². The maximum Gasteiger partial charge on any atom is 0.405 e. The minimum Gasteiger partial charge on any atom is -0.618 e. The molecule has 2 aromatic rings. The van der Waals surface area contributed by atoms with Crippen LogP contribution in [0.3, 0.4) is 0 Å². The number of hydrogen-bond donors (Lipinski definition) is 1. The summed E-state index contributed by atoms with van der Waals surface area (Å²) in [5, 5.41) is 14.2. The van der Waals surface area contributed by atoms with Gasteiger partial charge in [0, 0.05) is 23.4 Å². The molecule has 1 N–H and O–H groups in total. The van der Waals surface area contributed by atoms with Gasteiger partial charge in [0.15, 0.2) is 12.8 Å². The summed E-state index contributed by atoms with van der Waals surface area (Å²) < 4.78 is 18.2. The van der Waals surface area contributed by atoms with Crippen LogP contribution < -0.4 is 10.0 Å². The highest BCUT2D eigenvalue weighted by Gasteiger charge is 2.30. The monoisotopic (exact) mass is 403 g/mol. The number of nitrogens with one attached hydrogen (secondary N) is 1. The molecule has 1 heterocycles. The third kappa shape index (κ3) is 6.27. The quantitative estimate of drug-likeness (QED) is 0.451. The smallest absolute Gasteiger partial charge is 0.405 e. The van der Waals surface area contributed by atoms with E-state index in [1.807, 2.05) is 0 Å². The fourth-order valence-corrected chi connectivity index (χ4v) is 2.44. The van der Waals surface area contributed by atoms with Crippen LogP contribution in [0.15, 0.2) is 48.7 Å². The molecule has 8 nitrogen and oxygen atoms in total. The predicted molar refractivity (Wildman–Crippen MR) is 102 cm³/mol. The zero-order valence-electron chi connectivity index (χ0n) is 16.3. The first-order valence-electron chi connectivity index (χ1n) is 8.79. The van der Waals surface area contributed by atoms with Gasteiger partial charge in [-0.25, -0.2) is 9.18 Å². The van der Waals surface area contributed by atoms with Crippen LogP contribution in [0.25, 0.3) is 0 Å². The van der Waals surface area contributed by atoms with Gasteiger partial charge in [-0.2, -0.15) is 4.73 Å². The lowest BCUT2D eigenvalue weighted by Gasteiger charge is -2.35. The van der Waals surface area contributed by atoms with E-state index in [0.717, 1.165) is 6.20 Å². The number of nitrogens with zero attached hydrogens (tertiary/aromatic N) is 2. The largest absolute Gasteiger partial charge is 0.618 e. The number of pyridine rings is 1. The van der Waals surface area contributed by atoms with Crippen molar-refractivity contribution in [2.45, 2.75) is 26.3 Å². The second-order valence-corrected chi connectivity index (χ2v) is 7.19. The number of aromatic nitrogens is 1. The van der Waals surface area contributed by atoms with Crippen molar-refractivity contribution in [3.8, 4) is 0 Å². The van der Waals surface area contributed by atoms with E-state index in [-0.39, 0.29) is 12.2 Å². The Bertz CT molecular complexity index is 894. The van der Waals surface area contributed by atoms with Crippen molar-refractivity contribution >= 4 is 23.5 Å². The molecule has 0 saturated carbocycles. The van der Waals surface area contributed by atoms with Crippen molar-refractivity contribution in [2.75, 3.05) is 18.5 Å². The fraction of sp³-hybridized carbons (Fsp3) is 0.300. The van der Waals surface area contributed by atoms with Gasteiger partial charge in [-0.15, -0.1) is 0 Å².